The molecule has 0 heterocycles. The fourth-order valence-corrected chi connectivity index (χ4v) is 2.84. The first-order valence-corrected chi connectivity index (χ1v) is 8.90. The molecule has 4 nitrogen and oxygen atoms in total. The predicted molar refractivity (Wildman–Crippen MR) is 85.9 cm³/mol. The number of benzene rings is 1. The average molecular weight is 364 g/mol. The standard InChI is InChI=1S/C14H22BrNO3S/c1-14(2,3)20(17,18)8-7-19-12-5-6-13(15)11(9-12)10-16-4/h5-6,9,16H,7-8,10H2,1-4H3. The van der Waals surface area contributed by atoms with Crippen LogP contribution >= 0.6 is 15.9 Å². The van der Waals surface area contributed by atoms with Crippen LogP contribution in [0.2, 0.25) is 0 Å². The van der Waals surface area contributed by atoms with Crippen molar-refractivity contribution in [3.05, 3.63) is 28.2 Å². The maximum atomic E-state index is 12.0. The molecule has 20 heavy (non-hydrogen) atoms. The summed E-state index contributed by atoms with van der Waals surface area (Å²) in [6.45, 7) is 5.99. The third kappa shape index (κ3) is 4.75. The van der Waals surface area contributed by atoms with Crippen LogP contribution in [0.1, 0.15) is 26.3 Å². The number of ether oxygens (including phenoxy) is 1. The zero-order chi connectivity index (χ0) is 15.4. The lowest BCUT2D eigenvalue weighted by atomic mass is 10.2. The van der Waals surface area contributed by atoms with Crippen molar-refractivity contribution in [2.24, 2.45) is 0 Å². The zero-order valence-electron chi connectivity index (χ0n) is 12.4. The monoisotopic (exact) mass is 363 g/mol. The van der Waals surface area contributed by atoms with Gasteiger partial charge in [0.25, 0.3) is 0 Å². The number of nitrogens with one attached hydrogen (secondary N) is 1. The average Bonchev–Trinajstić information content (AvgIpc) is 2.32. The van der Waals surface area contributed by atoms with E-state index in [0.29, 0.717) is 5.75 Å². The van der Waals surface area contributed by atoms with Crippen LogP contribution in [0.5, 0.6) is 5.75 Å². The van der Waals surface area contributed by atoms with Crippen LogP contribution in [-0.2, 0) is 16.4 Å². The molecule has 0 unspecified atom stereocenters. The van der Waals surface area contributed by atoms with Crippen molar-refractivity contribution in [1.29, 1.82) is 0 Å². The van der Waals surface area contributed by atoms with Crippen molar-refractivity contribution in [1.82, 2.24) is 5.32 Å². The Hall–Kier alpha value is -0.590. The van der Waals surface area contributed by atoms with Gasteiger partial charge >= 0.3 is 0 Å². The molecule has 0 aliphatic heterocycles. The van der Waals surface area contributed by atoms with Crippen LogP contribution in [0.3, 0.4) is 0 Å². The Labute approximate surface area is 130 Å². The maximum absolute atomic E-state index is 12.0. The molecular weight excluding hydrogens is 342 g/mol. The summed E-state index contributed by atoms with van der Waals surface area (Å²) in [5.41, 5.74) is 1.07. The topological polar surface area (TPSA) is 55.4 Å². The smallest absolute Gasteiger partial charge is 0.158 e. The first-order valence-electron chi connectivity index (χ1n) is 6.45. The van der Waals surface area contributed by atoms with Crippen molar-refractivity contribution in [3.63, 3.8) is 0 Å². The van der Waals surface area contributed by atoms with Crippen molar-refractivity contribution in [2.45, 2.75) is 32.1 Å². The van der Waals surface area contributed by atoms with Gasteiger partial charge in [-0.2, -0.15) is 0 Å². The van der Waals surface area contributed by atoms with Crippen LogP contribution < -0.4 is 10.1 Å². The van der Waals surface area contributed by atoms with Crippen molar-refractivity contribution in [3.8, 4) is 5.75 Å². The molecule has 0 saturated heterocycles. The van der Waals surface area contributed by atoms with Gasteiger partial charge in [-0.05, 0) is 51.6 Å². The molecule has 114 valence electrons. The van der Waals surface area contributed by atoms with Gasteiger partial charge in [0, 0.05) is 11.0 Å². The van der Waals surface area contributed by atoms with E-state index in [1.54, 1.807) is 20.8 Å². The molecule has 0 bridgehead atoms. The summed E-state index contributed by atoms with van der Waals surface area (Å²) in [5, 5.41) is 3.07. The number of rotatable bonds is 6. The lowest BCUT2D eigenvalue weighted by molar-refractivity contribution is 0.339. The number of hydrogen-bond acceptors (Lipinski definition) is 4. The molecule has 0 saturated carbocycles. The molecule has 0 aliphatic carbocycles. The third-order valence-corrected chi connectivity index (χ3v) is 6.28. The lowest BCUT2D eigenvalue weighted by Crippen LogP contribution is -2.32. The van der Waals surface area contributed by atoms with Gasteiger partial charge in [-0.25, -0.2) is 8.42 Å². The summed E-state index contributed by atoms with van der Waals surface area (Å²) in [7, 11) is -1.27. The van der Waals surface area contributed by atoms with E-state index in [1.165, 1.54) is 0 Å². The quantitative estimate of drug-likeness (QED) is 0.844. The van der Waals surface area contributed by atoms with Gasteiger partial charge in [0.15, 0.2) is 9.84 Å². The Morgan fingerprint density at radius 1 is 1.30 bits per heavy atom. The highest BCUT2D eigenvalue weighted by molar-refractivity contribution is 9.10. The lowest BCUT2D eigenvalue weighted by Gasteiger charge is -2.19. The van der Waals surface area contributed by atoms with E-state index >= 15 is 0 Å². The summed E-state index contributed by atoms with van der Waals surface area (Å²) >= 11 is 3.47. The minimum Gasteiger partial charge on any atom is -0.493 e. The fourth-order valence-electron chi connectivity index (χ4n) is 1.54. The van der Waals surface area contributed by atoms with E-state index < -0.39 is 14.6 Å². The summed E-state index contributed by atoms with van der Waals surface area (Å²) in [6, 6.07) is 5.64. The Morgan fingerprint density at radius 3 is 2.50 bits per heavy atom. The van der Waals surface area contributed by atoms with E-state index in [-0.39, 0.29) is 12.4 Å². The van der Waals surface area contributed by atoms with Gasteiger partial charge in [-0.3, -0.25) is 0 Å². The second-order valence-corrected chi connectivity index (χ2v) is 9.28. The summed E-state index contributed by atoms with van der Waals surface area (Å²) in [4.78, 5) is 0. The molecule has 1 rings (SSSR count). The Balaban J connectivity index is 2.65. The van der Waals surface area contributed by atoms with Crippen molar-refractivity contribution in [2.75, 3.05) is 19.4 Å². The van der Waals surface area contributed by atoms with Crippen molar-refractivity contribution < 1.29 is 13.2 Å². The van der Waals surface area contributed by atoms with Crippen LogP contribution in [0.25, 0.3) is 0 Å². The largest absolute Gasteiger partial charge is 0.493 e. The van der Waals surface area contributed by atoms with Gasteiger partial charge in [0.05, 0.1) is 10.5 Å². The Kier molecular flexibility index (Phi) is 6.04. The minimum atomic E-state index is -3.14. The predicted octanol–water partition coefficient (Wildman–Crippen LogP) is 2.76. The van der Waals surface area contributed by atoms with Gasteiger partial charge in [-0.15, -0.1) is 0 Å². The first kappa shape index (κ1) is 17.5. The molecule has 0 radical (unpaired) electrons. The second kappa shape index (κ2) is 6.91. The van der Waals surface area contributed by atoms with E-state index in [1.807, 2.05) is 25.2 Å². The molecule has 0 atom stereocenters. The van der Waals surface area contributed by atoms with Crippen molar-refractivity contribution >= 4 is 25.8 Å². The fraction of sp³-hybridized carbons (Fsp3) is 0.571. The minimum absolute atomic E-state index is 0.0218. The van der Waals surface area contributed by atoms with Gasteiger partial charge < -0.3 is 10.1 Å². The van der Waals surface area contributed by atoms with E-state index in [4.69, 9.17) is 4.74 Å². The SMILES string of the molecule is CNCc1cc(OCCS(=O)(=O)C(C)(C)C)ccc1Br. The molecule has 1 aromatic rings. The highest BCUT2D eigenvalue weighted by Crippen LogP contribution is 2.23. The van der Waals surface area contributed by atoms with Crippen LogP contribution in [0.4, 0.5) is 0 Å². The number of sulfone groups is 1. The van der Waals surface area contributed by atoms with E-state index in [2.05, 4.69) is 21.2 Å². The normalized spacial score (nSPS) is 12.4. The van der Waals surface area contributed by atoms with Gasteiger partial charge in [0.1, 0.15) is 12.4 Å². The maximum Gasteiger partial charge on any atom is 0.158 e. The van der Waals surface area contributed by atoms with Gasteiger partial charge in [-0.1, -0.05) is 15.9 Å². The Morgan fingerprint density at radius 2 is 1.95 bits per heavy atom. The van der Waals surface area contributed by atoms with E-state index in [0.717, 1.165) is 16.6 Å². The molecular formula is C14H22BrNO3S. The molecule has 0 amide bonds. The highest BCUT2D eigenvalue weighted by Gasteiger charge is 2.28. The molecule has 0 aromatic heterocycles. The first-order chi connectivity index (χ1) is 9.17. The molecule has 6 heteroatoms. The molecule has 1 N–H and O–H groups in total. The number of halogens is 1. The highest BCUT2D eigenvalue weighted by atomic mass is 79.9. The molecule has 1 aromatic carbocycles. The summed E-state index contributed by atoms with van der Waals surface area (Å²) in [5.74, 6) is 0.705. The Bertz CT molecular complexity index is 550. The molecule has 0 aliphatic rings. The van der Waals surface area contributed by atoms with Crippen LogP contribution in [0.15, 0.2) is 22.7 Å². The van der Waals surface area contributed by atoms with Crippen LogP contribution in [0, 0.1) is 0 Å². The van der Waals surface area contributed by atoms with Crippen LogP contribution in [-0.4, -0.2) is 32.6 Å². The third-order valence-electron chi connectivity index (χ3n) is 2.94. The summed E-state index contributed by atoms with van der Waals surface area (Å²) in [6.07, 6.45) is 0. The zero-order valence-corrected chi connectivity index (χ0v) is 14.8. The molecule has 0 fully saturated rings. The van der Waals surface area contributed by atoms with E-state index in [9.17, 15) is 8.42 Å². The summed E-state index contributed by atoms with van der Waals surface area (Å²) < 4.78 is 29.7. The van der Waals surface area contributed by atoms with Gasteiger partial charge in [0.2, 0.25) is 0 Å². The molecule has 0 spiro atoms. The second-order valence-electron chi connectivity index (χ2n) is 5.56. The number of hydrogen-bond donors (Lipinski definition) is 1.